The fourth-order valence-corrected chi connectivity index (χ4v) is 2.32. The van der Waals surface area contributed by atoms with Crippen LogP contribution in [-0.2, 0) is 4.79 Å². The van der Waals surface area contributed by atoms with E-state index in [1.165, 1.54) is 24.3 Å². The molecule has 0 fully saturated rings. The van der Waals surface area contributed by atoms with Crippen LogP contribution >= 0.6 is 11.6 Å². The Morgan fingerprint density at radius 2 is 1.84 bits per heavy atom. The molecule has 0 aliphatic carbocycles. The quantitative estimate of drug-likeness (QED) is 0.400. The first kappa shape index (κ1) is 16.8. The molecule has 2 aromatic carbocycles. The van der Waals surface area contributed by atoms with E-state index in [-0.39, 0.29) is 16.2 Å². The van der Waals surface area contributed by atoms with Crippen molar-refractivity contribution in [2.45, 2.75) is 0 Å². The summed E-state index contributed by atoms with van der Waals surface area (Å²) < 4.78 is 15.5. The van der Waals surface area contributed by atoms with E-state index in [0.717, 1.165) is 17.6 Å². The molecule has 25 heavy (non-hydrogen) atoms. The van der Waals surface area contributed by atoms with Crippen molar-refractivity contribution < 1.29 is 18.7 Å². The minimum Gasteiger partial charge on any atom is -0.497 e. The number of esters is 1. The molecule has 0 N–H and O–H groups in total. The Bertz CT molecular complexity index is 1000. The van der Waals surface area contributed by atoms with Crippen LogP contribution in [0.15, 0.2) is 64.0 Å². The molecule has 1 aromatic heterocycles. The van der Waals surface area contributed by atoms with E-state index in [9.17, 15) is 9.59 Å². The van der Waals surface area contributed by atoms with Crippen LogP contribution in [-0.4, -0.2) is 13.1 Å². The van der Waals surface area contributed by atoms with Crippen LogP contribution in [0, 0.1) is 0 Å². The summed E-state index contributed by atoms with van der Waals surface area (Å²) in [6.45, 7) is 0. The first-order valence-corrected chi connectivity index (χ1v) is 7.69. The van der Waals surface area contributed by atoms with Gasteiger partial charge in [-0.1, -0.05) is 23.7 Å². The summed E-state index contributed by atoms with van der Waals surface area (Å²) in [7, 11) is 1.59. The number of halogens is 1. The van der Waals surface area contributed by atoms with Gasteiger partial charge in [0, 0.05) is 12.1 Å². The molecule has 0 aliphatic heterocycles. The highest BCUT2D eigenvalue weighted by Crippen LogP contribution is 2.20. The molecule has 0 bridgehead atoms. The molecule has 6 heteroatoms. The van der Waals surface area contributed by atoms with Crippen molar-refractivity contribution in [1.29, 1.82) is 0 Å². The van der Waals surface area contributed by atoms with Gasteiger partial charge >= 0.3 is 5.97 Å². The molecule has 0 spiro atoms. The van der Waals surface area contributed by atoms with Gasteiger partial charge in [-0.2, -0.15) is 0 Å². The Morgan fingerprint density at radius 3 is 2.56 bits per heavy atom. The van der Waals surface area contributed by atoms with Gasteiger partial charge < -0.3 is 13.9 Å². The largest absolute Gasteiger partial charge is 0.497 e. The number of carbonyl (C=O) groups excluding carboxylic acids is 1. The monoisotopic (exact) mass is 356 g/mol. The fourth-order valence-electron chi connectivity index (χ4n) is 2.18. The Hall–Kier alpha value is -3.05. The van der Waals surface area contributed by atoms with Crippen molar-refractivity contribution in [3.63, 3.8) is 0 Å². The number of fused-ring (bicyclic) bond motifs is 1. The maximum Gasteiger partial charge on any atom is 0.336 e. The predicted molar refractivity (Wildman–Crippen MR) is 95.2 cm³/mol. The van der Waals surface area contributed by atoms with Crippen molar-refractivity contribution in [2.24, 2.45) is 0 Å². The van der Waals surface area contributed by atoms with E-state index < -0.39 is 5.97 Å². The molecule has 0 saturated carbocycles. The Morgan fingerprint density at radius 1 is 1.12 bits per heavy atom. The van der Waals surface area contributed by atoms with Gasteiger partial charge in [0.1, 0.15) is 28.4 Å². The van der Waals surface area contributed by atoms with Crippen molar-refractivity contribution in [3.8, 4) is 11.5 Å². The molecular weight excluding hydrogens is 344 g/mol. The number of rotatable bonds is 4. The predicted octanol–water partition coefficient (Wildman–Crippen LogP) is 4.07. The number of hydrogen-bond donors (Lipinski definition) is 0. The second kappa shape index (κ2) is 7.23. The number of benzene rings is 2. The zero-order valence-corrected chi connectivity index (χ0v) is 13.9. The second-order valence-electron chi connectivity index (χ2n) is 5.10. The van der Waals surface area contributed by atoms with Gasteiger partial charge in [-0.15, -0.1) is 0 Å². The number of hydrogen-bond acceptors (Lipinski definition) is 5. The van der Waals surface area contributed by atoms with Crippen LogP contribution in [0.3, 0.4) is 0 Å². The summed E-state index contributed by atoms with van der Waals surface area (Å²) in [5.74, 6) is 0.450. The van der Waals surface area contributed by atoms with Crippen LogP contribution in [0.4, 0.5) is 0 Å². The average Bonchev–Trinajstić information content (AvgIpc) is 2.63. The molecule has 126 valence electrons. The SMILES string of the molecule is COc1ccc(/C=C/C(=O)Oc2ccc3c(=O)c(Cl)coc3c2)cc1. The minimum atomic E-state index is -0.550. The zero-order chi connectivity index (χ0) is 17.8. The lowest BCUT2D eigenvalue weighted by Gasteiger charge is -2.03. The minimum absolute atomic E-state index is 0.000306. The molecule has 0 radical (unpaired) electrons. The van der Waals surface area contributed by atoms with E-state index in [1.807, 2.05) is 12.1 Å². The topological polar surface area (TPSA) is 65.7 Å². The fraction of sp³-hybridized carbons (Fsp3) is 0.0526. The molecule has 0 atom stereocenters. The number of ether oxygens (including phenoxy) is 2. The first-order valence-electron chi connectivity index (χ1n) is 7.32. The smallest absolute Gasteiger partial charge is 0.336 e. The van der Waals surface area contributed by atoms with E-state index in [2.05, 4.69) is 0 Å². The molecule has 3 rings (SSSR count). The molecule has 3 aromatic rings. The Labute approximate surface area is 148 Å². The van der Waals surface area contributed by atoms with Crippen molar-refractivity contribution in [3.05, 3.63) is 75.6 Å². The van der Waals surface area contributed by atoms with Crippen LogP contribution < -0.4 is 14.9 Å². The summed E-state index contributed by atoms with van der Waals surface area (Å²) in [4.78, 5) is 23.8. The molecule has 0 unspecified atom stereocenters. The van der Waals surface area contributed by atoms with Gasteiger partial charge in [0.15, 0.2) is 0 Å². The van der Waals surface area contributed by atoms with Crippen LogP contribution in [0.2, 0.25) is 5.02 Å². The second-order valence-corrected chi connectivity index (χ2v) is 5.51. The maximum absolute atomic E-state index is 11.9. The summed E-state index contributed by atoms with van der Waals surface area (Å²) >= 11 is 5.72. The molecule has 0 amide bonds. The van der Waals surface area contributed by atoms with Gasteiger partial charge in [0.2, 0.25) is 5.43 Å². The van der Waals surface area contributed by atoms with Crippen LogP contribution in [0.1, 0.15) is 5.56 Å². The summed E-state index contributed by atoms with van der Waals surface area (Å²) in [6.07, 6.45) is 4.09. The van der Waals surface area contributed by atoms with Crippen LogP contribution in [0.25, 0.3) is 17.0 Å². The molecular formula is C19H13ClO5. The third-order valence-electron chi connectivity index (χ3n) is 3.45. The standard InChI is InChI=1S/C19H13ClO5/c1-23-13-5-2-12(3-6-13)4-9-18(21)25-14-7-8-15-17(10-14)24-11-16(20)19(15)22/h2-11H,1H3/b9-4+. The Kier molecular flexibility index (Phi) is 4.86. The van der Waals surface area contributed by atoms with Gasteiger partial charge in [-0.3, -0.25) is 4.79 Å². The molecule has 0 aliphatic rings. The number of methoxy groups -OCH3 is 1. The van der Waals surface area contributed by atoms with Gasteiger partial charge in [0.05, 0.1) is 12.5 Å². The third kappa shape index (κ3) is 3.89. The highest BCUT2D eigenvalue weighted by Gasteiger charge is 2.08. The van der Waals surface area contributed by atoms with E-state index in [0.29, 0.717) is 11.0 Å². The van der Waals surface area contributed by atoms with Crippen molar-refractivity contribution >= 4 is 34.6 Å². The Balaban J connectivity index is 1.74. The zero-order valence-electron chi connectivity index (χ0n) is 13.2. The molecule has 1 heterocycles. The van der Waals surface area contributed by atoms with Gasteiger partial charge in [-0.25, -0.2) is 4.79 Å². The number of carbonyl (C=O) groups is 1. The van der Waals surface area contributed by atoms with Crippen LogP contribution in [0.5, 0.6) is 11.5 Å². The van der Waals surface area contributed by atoms with E-state index >= 15 is 0 Å². The van der Waals surface area contributed by atoms with Gasteiger partial charge in [-0.05, 0) is 35.9 Å². The normalized spacial score (nSPS) is 11.0. The van der Waals surface area contributed by atoms with Gasteiger partial charge in [0.25, 0.3) is 0 Å². The lowest BCUT2D eigenvalue weighted by atomic mass is 10.2. The highest BCUT2D eigenvalue weighted by atomic mass is 35.5. The lowest BCUT2D eigenvalue weighted by Crippen LogP contribution is -2.05. The van der Waals surface area contributed by atoms with E-state index in [1.54, 1.807) is 25.3 Å². The maximum atomic E-state index is 11.9. The molecule has 0 saturated heterocycles. The summed E-state index contributed by atoms with van der Waals surface area (Å²) in [5, 5.41) is 0.320. The average molecular weight is 357 g/mol. The summed E-state index contributed by atoms with van der Waals surface area (Å²) in [5.41, 5.74) is 0.788. The summed E-state index contributed by atoms with van der Waals surface area (Å²) in [6, 6.07) is 11.7. The lowest BCUT2D eigenvalue weighted by molar-refractivity contribution is -0.128. The highest BCUT2D eigenvalue weighted by molar-refractivity contribution is 6.30. The van der Waals surface area contributed by atoms with E-state index in [4.69, 9.17) is 25.5 Å². The molecule has 5 nitrogen and oxygen atoms in total. The van der Waals surface area contributed by atoms with Crippen molar-refractivity contribution in [2.75, 3.05) is 7.11 Å². The van der Waals surface area contributed by atoms with Crippen molar-refractivity contribution in [1.82, 2.24) is 0 Å². The third-order valence-corrected chi connectivity index (χ3v) is 3.71. The first-order chi connectivity index (χ1) is 12.1.